The SMILES string of the molecule is Cc1c(OCOCC[Si](C)(C)C)nn(CC(=O)NCc2ccncc2)c(=O)c1C1C[I-]1. The number of pyridine rings is 1. The number of ether oxygens (including phenoxy) is 2. The quantitative estimate of drug-likeness (QED) is 0.127. The molecule has 170 valence electrons. The van der Waals surface area contributed by atoms with Gasteiger partial charge in [0, 0.05) is 0 Å². The number of halogens is 1. The number of carbonyl (C=O) groups excluding carboxylic acids is 1. The van der Waals surface area contributed by atoms with Crippen molar-refractivity contribution < 1.29 is 35.5 Å². The van der Waals surface area contributed by atoms with E-state index >= 15 is 0 Å². The second-order valence-electron chi connectivity index (χ2n) is 8.70. The fourth-order valence-electron chi connectivity index (χ4n) is 2.88. The van der Waals surface area contributed by atoms with Gasteiger partial charge in [-0.05, 0) is 0 Å². The number of hydrogen-bond donors (Lipinski definition) is 1. The summed E-state index contributed by atoms with van der Waals surface area (Å²) < 4.78 is 14.0. The Labute approximate surface area is 194 Å². The van der Waals surface area contributed by atoms with E-state index < -0.39 is 8.07 Å². The van der Waals surface area contributed by atoms with Crippen LogP contribution in [-0.4, -0.2) is 46.6 Å². The Morgan fingerprint density at radius 3 is 2.68 bits per heavy atom. The molecule has 1 amide bonds. The van der Waals surface area contributed by atoms with Crippen molar-refractivity contribution in [3.63, 3.8) is 0 Å². The molecule has 0 radical (unpaired) electrons. The molecule has 31 heavy (non-hydrogen) atoms. The van der Waals surface area contributed by atoms with Gasteiger partial charge in [0.2, 0.25) is 0 Å². The fourth-order valence-corrected chi connectivity index (χ4v) is 5.51. The topological polar surface area (TPSA) is 95.3 Å². The van der Waals surface area contributed by atoms with Gasteiger partial charge in [0.05, 0.1) is 0 Å². The predicted octanol–water partition coefficient (Wildman–Crippen LogP) is -0.902. The molecule has 1 aliphatic heterocycles. The summed E-state index contributed by atoms with van der Waals surface area (Å²) in [6.07, 6.45) is 3.35. The van der Waals surface area contributed by atoms with Crippen LogP contribution in [0.5, 0.6) is 5.88 Å². The zero-order valence-corrected chi connectivity index (χ0v) is 21.6. The first-order chi connectivity index (χ1) is 14.7. The Morgan fingerprint density at radius 1 is 1.32 bits per heavy atom. The number of amides is 1. The molecule has 1 aliphatic rings. The van der Waals surface area contributed by atoms with Crippen molar-refractivity contribution in [2.24, 2.45) is 0 Å². The van der Waals surface area contributed by atoms with E-state index in [1.54, 1.807) is 12.4 Å². The second-order valence-corrected chi connectivity index (χ2v) is 17.6. The summed E-state index contributed by atoms with van der Waals surface area (Å²) in [7, 11) is -1.17. The van der Waals surface area contributed by atoms with Crippen molar-refractivity contribution in [2.45, 2.75) is 49.6 Å². The summed E-state index contributed by atoms with van der Waals surface area (Å²) in [5.74, 6) is 0.101. The average molecular weight is 557 g/mol. The van der Waals surface area contributed by atoms with E-state index in [9.17, 15) is 9.59 Å². The van der Waals surface area contributed by atoms with Gasteiger partial charge in [-0.1, -0.05) is 0 Å². The fraction of sp³-hybridized carbons (Fsp3) is 0.524. The molecule has 3 rings (SSSR count). The van der Waals surface area contributed by atoms with E-state index in [1.165, 1.54) is 4.68 Å². The molecule has 10 heteroatoms. The third-order valence-electron chi connectivity index (χ3n) is 4.83. The zero-order chi connectivity index (χ0) is 22.4. The van der Waals surface area contributed by atoms with Crippen LogP contribution in [0.1, 0.15) is 20.6 Å². The molecule has 0 saturated carbocycles. The number of alkyl halides is 2. The molecule has 0 aliphatic carbocycles. The minimum atomic E-state index is -1.17. The number of nitrogens with one attached hydrogen (secondary N) is 1. The van der Waals surface area contributed by atoms with E-state index in [0.29, 0.717) is 23.0 Å². The van der Waals surface area contributed by atoms with Gasteiger partial charge >= 0.3 is 194 Å². The van der Waals surface area contributed by atoms with Gasteiger partial charge in [0.25, 0.3) is 0 Å². The maximum atomic E-state index is 13.0. The monoisotopic (exact) mass is 557 g/mol. The molecule has 2 aromatic rings. The van der Waals surface area contributed by atoms with Crippen LogP contribution >= 0.6 is 0 Å². The number of nitrogens with zero attached hydrogens (tertiary/aromatic N) is 3. The Hall–Kier alpha value is -1.79. The summed E-state index contributed by atoms with van der Waals surface area (Å²) >= 11 is 0.0147. The van der Waals surface area contributed by atoms with Gasteiger partial charge in [0.1, 0.15) is 0 Å². The van der Waals surface area contributed by atoms with Gasteiger partial charge in [-0.15, -0.1) is 0 Å². The molecule has 0 aromatic carbocycles. The van der Waals surface area contributed by atoms with Crippen molar-refractivity contribution >= 4 is 14.0 Å². The van der Waals surface area contributed by atoms with Crippen molar-refractivity contribution in [2.75, 3.05) is 17.8 Å². The minimum absolute atomic E-state index is 0.0147. The summed E-state index contributed by atoms with van der Waals surface area (Å²) in [5.41, 5.74) is 2.28. The predicted molar refractivity (Wildman–Crippen MR) is 117 cm³/mol. The van der Waals surface area contributed by atoms with Crippen LogP contribution in [0.2, 0.25) is 25.7 Å². The molecule has 1 saturated heterocycles. The zero-order valence-electron chi connectivity index (χ0n) is 18.5. The van der Waals surface area contributed by atoms with Gasteiger partial charge in [-0.3, -0.25) is 0 Å². The first-order valence-electron chi connectivity index (χ1n) is 10.3. The van der Waals surface area contributed by atoms with E-state index in [-0.39, 0.29) is 46.0 Å². The molecular formula is C21H30IN4O4Si-. The number of hydrogen-bond acceptors (Lipinski definition) is 6. The molecule has 1 atom stereocenters. The Bertz CT molecular complexity index is 958. The van der Waals surface area contributed by atoms with E-state index in [1.807, 2.05) is 19.1 Å². The second kappa shape index (κ2) is 10.7. The van der Waals surface area contributed by atoms with Gasteiger partial charge in [0.15, 0.2) is 0 Å². The van der Waals surface area contributed by atoms with E-state index in [2.05, 4.69) is 35.0 Å². The summed E-state index contributed by atoms with van der Waals surface area (Å²) in [5, 5.41) is 7.16. The normalized spacial score (nSPS) is 15.8. The van der Waals surface area contributed by atoms with Gasteiger partial charge in [-0.2, -0.15) is 0 Å². The Balaban J connectivity index is 1.66. The number of carbonyl (C=O) groups is 1. The van der Waals surface area contributed by atoms with Gasteiger partial charge < -0.3 is 0 Å². The van der Waals surface area contributed by atoms with Crippen LogP contribution in [-0.2, 0) is 22.6 Å². The van der Waals surface area contributed by atoms with Crippen LogP contribution in [0.25, 0.3) is 0 Å². The van der Waals surface area contributed by atoms with Crippen LogP contribution in [0, 0.1) is 6.92 Å². The van der Waals surface area contributed by atoms with Crippen LogP contribution in [0.15, 0.2) is 29.3 Å². The maximum absolute atomic E-state index is 13.0. The molecule has 0 spiro atoms. The third-order valence-corrected chi connectivity index (χ3v) is 8.92. The summed E-state index contributed by atoms with van der Waals surface area (Å²) in [6, 6.07) is 4.72. The van der Waals surface area contributed by atoms with E-state index in [0.717, 1.165) is 27.2 Å². The summed E-state index contributed by atoms with van der Waals surface area (Å²) in [6.45, 7) is 9.72. The van der Waals surface area contributed by atoms with Crippen LogP contribution < -0.4 is 36.8 Å². The molecule has 1 unspecified atom stereocenters. The van der Waals surface area contributed by atoms with Crippen molar-refractivity contribution in [1.82, 2.24) is 20.1 Å². The number of rotatable bonds is 11. The van der Waals surface area contributed by atoms with Crippen molar-refractivity contribution in [3.8, 4) is 5.88 Å². The van der Waals surface area contributed by atoms with Crippen molar-refractivity contribution in [3.05, 3.63) is 51.6 Å². The number of aromatic nitrogens is 3. The Morgan fingerprint density at radius 2 is 2.03 bits per heavy atom. The van der Waals surface area contributed by atoms with Crippen LogP contribution in [0.3, 0.4) is 0 Å². The first kappa shape index (κ1) is 23.9. The molecule has 8 nitrogen and oxygen atoms in total. The molecule has 1 fully saturated rings. The molecular weight excluding hydrogens is 527 g/mol. The van der Waals surface area contributed by atoms with Gasteiger partial charge in [-0.25, -0.2) is 0 Å². The van der Waals surface area contributed by atoms with Crippen molar-refractivity contribution in [1.29, 1.82) is 0 Å². The van der Waals surface area contributed by atoms with Crippen LogP contribution in [0.4, 0.5) is 0 Å². The molecule has 2 aromatic heterocycles. The molecule has 1 N–H and O–H groups in total. The summed E-state index contributed by atoms with van der Waals surface area (Å²) in [4.78, 5) is 29.4. The third kappa shape index (κ3) is 7.39. The molecule has 0 bridgehead atoms. The Kier molecular flexibility index (Phi) is 8.22. The first-order valence-corrected chi connectivity index (χ1v) is 16.8. The average Bonchev–Trinajstić information content (AvgIpc) is 3.54. The standard InChI is InChI=1S/C21H30IN4O4Si/c1-15-19(17-11-22-17)21(28)26(13-18(27)24-12-16-5-7-23-8-6-16)25-20(15)30-14-29-9-10-31(2,3)4/h5-8,17H,9-14H2,1-4H3,(H,24,27)/q-1. The molecule has 3 heterocycles. The van der Waals surface area contributed by atoms with E-state index in [4.69, 9.17) is 9.47 Å².